The molecule has 0 amide bonds. The molecule has 16 heteroatoms. The van der Waals surface area contributed by atoms with E-state index in [2.05, 4.69) is 20.9 Å². The van der Waals surface area contributed by atoms with Crippen LogP contribution in [0.2, 0.25) is 0 Å². The van der Waals surface area contributed by atoms with Crippen molar-refractivity contribution in [2.75, 3.05) is 50.9 Å². The predicted octanol–water partition coefficient (Wildman–Crippen LogP) is 3.05. The summed E-state index contributed by atoms with van der Waals surface area (Å²) in [6, 6.07) is 6.09. The first-order chi connectivity index (χ1) is 17.7. The zero-order chi connectivity index (χ0) is 28.4. The fourth-order valence-corrected chi connectivity index (χ4v) is 3.55. The highest BCUT2D eigenvalue weighted by molar-refractivity contribution is 5.73. The lowest BCUT2D eigenvalue weighted by Crippen LogP contribution is -2.58. The number of carboxylic acids is 2. The largest absolute Gasteiger partial charge is 0.490 e. The van der Waals surface area contributed by atoms with Gasteiger partial charge in [-0.15, -0.1) is 0 Å². The van der Waals surface area contributed by atoms with Crippen molar-refractivity contribution in [1.29, 1.82) is 0 Å². The van der Waals surface area contributed by atoms with Crippen LogP contribution in [-0.2, 0) is 25.6 Å². The lowest BCUT2D eigenvalue weighted by Gasteiger charge is -2.43. The minimum absolute atomic E-state index is 0.297. The van der Waals surface area contributed by atoms with Crippen molar-refractivity contribution in [3.63, 3.8) is 0 Å². The molecule has 0 aromatic carbocycles. The van der Waals surface area contributed by atoms with Crippen LogP contribution >= 0.6 is 0 Å². The Bertz CT molecular complexity index is 981. The minimum Gasteiger partial charge on any atom is -0.475 e. The van der Waals surface area contributed by atoms with Crippen LogP contribution in [0.4, 0.5) is 32.0 Å². The summed E-state index contributed by atoms with van der Waals surface area (Å²) in [6.07, 6.45) is -2.92. The van der Waals surface area contributed by atoms with Crippen LogP contribution in [0, 0.1) is 0 Å². The van der Waals surface area contributed by atoms with Gasteiger partial charge in [0.1, 0.15) is 5.60 Å². The number of hydrogen-bond donors (Lipinski definition) is 2. The maximum atomic E-state index is 10.6. The number of furan rings is 1. The van der Waals surface area contributed by atoms with Crippen molar-refractivity contribution in [2.45, 2.75) is 24.5 Å². The summed E-state index contributed by atoms with van der Waals surface area (Å²) < 4.78 is 80.8. The first-order valence-electron chi connectivity index (χ1n) is 10.9. The molecule has 1 spiro atoms. The van der Waals surface area contributed by atoms with Crippen LogP contribution < -0.4 is 4.90 Å². The number of ether oxygens (including phenoxy) is 2. The molecule has 2 aromatic rings. The Morgan fingerprint density at radius 1 is 1.00 bits per heavy atom. The summed E-state index contributed by atoms with van der Waals surface area (Å²) >= 11 is 0. The Morgan fingerprint density at radius 2 is 1.66 bits per heavy atom. The number of morpholine rings is 1. The van der Waals surface area contributed by atoms with Gasteiger partial charge in [-0.1, -0.05) is 0 Å². The van der Waals surface area contributed by atoms with Gasteiger partial charge in [0.2, 0.25) is 0 Å². The lowest BCUT2D eigenvalue weighted by molar-refractivity contribution is -0.193. The van der Waals surface area contributed by atoms with E-state index in [9.17, 15) is 26.3 Å². The normalized spacial score (nSPS) is 20.4. The maximum absolute atomic E-state index is 10.6. The molecule has 10 nitrogen and oxygen atoms in total. The number of alkyl halides is 6. The molecule has 2 fully saturated rings. The topological polar surface area (TPSA) is 126 Å². The van der Waals surface area contributed by atoms with Gasteiger partial charge in [0.05, 0.1) is 50.8 Å². The molecule has 0 bridgehead atoms. The number of carboxylic acid groups (broad SMARTS) is 2. The summed E-state index contributed by atoms with van der Waals surface area (Å²) in [7, 11) is 0. The number of nitrogens with zero attached hydrogens (tertiary/aromatic N) is 3. The Hall–Kier alpha value is -3.37. The third-order valence-electron chi connectivity index (χ3n) is 5.16. The average molecular weight is 557 g/mol. The van der Waals surface area contributed by atoms with Gasteiger partial charge in [-0.25, -0.2) is 9.59 Å². The second kappa shape index (κ2) is 13.4. The molecule has 38 heavy (non-hydrogen) atoms. The van der Waals surface area contributed by atoms with E-state index in [-0.39, 0.29) is 5.60 Å². The molecule has 2 aromatic heterocycles. The van der Waals surface area contributed by atoms with Crippen LogP contribution in [-0.4, -0.2) is 96.0 Å². The van der Waals surface area contributed by atoms with E-state index in [1.54, 1.807) is 12.5 Å². The molecule has 2 N–H and O–H groups in total. The van der Waals surface area contributed by atoms with Gasteiger partial charge in [-0.3, -0.25) is 9.88 Å². The molecule has 212 valence electrons. The number of carbonyl (C=O) groups is 2. The first kappa shape index (κ1) is 30.9. The van der Waals surface area contributed by atoms with E-state index >= 15 is 0 Å². The minimum atomic E-state index is -5.08. The van der Waals surface area contributed by atoms with Gasteiger partial charge in [0.15, 0.2) is 0 Å². The Morgan fingerprint density at radius 3 is 2.18 bits per heavy atom. The average Bonchev–Trinajstić information content (AvgIpc) is 3.26. The van der Waals surface area contributed by atoms with E-state index in [0.717, 1.165) is 45.0 Å². The number of anilines is 1. The highest BCUT2D eigenvalue weighted by Gasteiger charge is 2.41. The summed E-state index contributed by atoms with van der Waals surface area (Å²) in [5.74, 6) is -5.51. The zero-order valence-corrected chi connectivity index (χ0v) is 19.7. The molecule has 0 radical (unpaired) electrons. The lowest BCUT2D eigenvalue weighted by atomic mass is 10.0. The molecular formula is C22H25F6N3O7. The first-order valence-corrected chi connectivity index (χ1v) is 10.9. The standard InChI is InChI=1S/C18H23N3O3.2C2HF3O2/c1-2-17(10-19-4-1)21-6-8-23-15-18(14-21)13-20(5-9-24-18)11-16-3-7-22-12-16;2*3-2(4,5)1(6)7/h1-4,7,10,12H,5-6,8-9,11,13-15H2;2*(H,6,7). The van der Waals surface area contributed by atoms with Crippen LogP contribution in [0.5, 0.6) is 0 Å². The number of hydrogen-bond acceptors (Lipinski definition) is 8. The van der Waals surface area contributed by atoms with Gasteiger partial charge in [-0.2, -0.15) is 26.3 Å². The molecular weight excluding hydrogens is 532 g/mol. The molecule has 1 unspecified atom stereocenters. The van der Waals surface area contributed by atoms with Gasteiger partial charge in [-0.05, 0) is 18.2 Å². The van der Waals surface area contributed by atoms with Crippen LogP contribution in [0.1, 0.15) is 5.56 Å². The molecule has 4 heterocycles. The van der Waals surface area contributed by atoms with Crippen molar-refractivity contribution < 1.29 is 60.0 Å². The Labute approximate surface area is 212 Å². The molecule has 2 aliphatic rings. The van der Waals surface area contributed by atoms with Gasteiger partial charge < -0.3 is 29.0 Å². The second-order valence-corrected chi connectivity index (χ2v) is 8.16. The summed E-state index contributed by atoms with van der Waals surface area (Å²) in [5, 5.41) is 14.2. The van der Waals surface area contributed by atoms with Crippen molar-refractivity contribution in [2.24, 2.45) is 0 Å². The molecule has 4 rings (SSSR count). The Kier molecular flexibility index (Phi) is 10.9. The monoisotopic (exact) mass is 557 g/mol. The van der Waals surface area contributed by atoms with Crippen molar-refractivity contribution in [3.8, 4) is 0 Å². The quantitative estimate of drug-likeness (QED) is 0.544. The molecule has 0 saturated carbocycles. The SMILES string of the molecule is O=C(O)C(F)(F)F.O=C(O)C(F)(F)F.c1cncc(N2CCOCC3(CN(Cc4ccoc4)CCO3)C2)c1. The summed E-state index contributed by atoms with van der Waals surface area (Å²) in [5.41, 5.74) is 2.03. The third-order valence-corrected chi connectivity index (χ3v) is 5.16. The highest BCUT2D eigenvalue weighted by Crippen LogP contribution is 2.26. The second-order valence-electron chi connectivity index (χ2n) is 8.16. The number of rotatable bonds is 3. The van der Waals surface area contributed by atoms with E-state index in [4.69, 9.17) is 33.7 Å². The van der Waals surface area contributed by atoms with E-state index in [1.165, 1.54) is 5.56 Å². The van der Waals surface area contributed by atoms with Crippen molar-refractivity contribution in [3.05, 3.63) is 48.7 Å². The highest BCUT2D eigenvalue weighted by atomic mass is 19.4. The summed E-state index contributed by atoms with van der Waals surface area (Å²) in [4.78, 5) is 26.8. The third kappa shape index (κ3) is 10.2. The fourth-order valence-electron chi connectivity index (χ4n) is 3.55. The zero-order valence-electron chi connectivity index (χ0n) is 19.7. The smallest absolute Gasteiger partial charge is 0.475 e. The Balaban J connectivity index is 0.000000301. The van der Waals surface area contributed by atoms with Crippen LogP contribution in [0.15, 0.2) is 47.5 Å². The number of aromatic nitrogens is 1. The van der Waals surface area contributed by atoms with Gasteiger partial charge >= 0.3 is 24.3 Å². The van der Waals surface area contributed by atoms with Crippen molar-refractivity contribution >= 4 is 17.6 Å². The number of pyridine rings is 1. The molecule has 2 saturated heterocycles. The predicted molar refractivity (Wildman–Crippen MR) is 117 cm³/mol. The van der Waals surface area contributed by atoms with E-state index in [0.29, 0.717) is 13.2 Å². The summed E-state index contributed by atoms with van der Waals surface area (Å²) in [6.45, 7) is 6.41. The van der Waals surface area contributed by atoms with Crippen LogP contribution in [0.25, 0.3) is 0 Å². The molecule has 0 aliphatic carbocycles. The molecule has 1 atom stereocenters. The van der Waals surface area contributed by atoms with E-state index in [1.807, 2.05) is 24.6 Å². The number of aliphatic carboxylic acids is 2. The molecule has 2 aliphatic heterocycles. The van der Waals surface area contributed by atoms with Crippen molar-refractivity contribution in [1.82, 2.24) is 9.88 Å². The maximum Gasteiger partial charge on any atom is 0.490 e. The van der Waals surface area contributed by atoms with Gasteiger partial charge in [0.25, 0.3) is 0 Å². The van der Waals surface area contributed by atoms with Gasteiger partial charge in [0, 0.05) is 37.9 Å². The number of halogens is 6. The van der Waals surface area contributed by atoms with Crippen LogP contribution in [0.3, 0.4) is 0 Å². The fraction of sp³-hybridized carbons (Fsp3) is 0.500. The van der Waals surface area contributed by atoms with E-state index < -0.39 is 24.3 Å².